The Hall–Kier alpha value is -2.55. The third-order valence-corrected chi connectivity index (χ3v) is 2.61. The first-order valence-corrected chi connectivity index (χ1v) is 5.64. The Bertz CT molecular complexity index is 699. The fraction of sp³-hybridized carbons (Fsp3) is 0. The first-order chi connectivity index (χ1) is 8.81. The minimum atomic E-state index is 0.189. The molecule has 3 rings (SSSR count). The third-order valence-electron chi connectivity index (χ3n) is 2.61. The van der Waals surface area contributed by atoms with Crippen molar-refractivity contribution in [3.8, 4) is 5.75 Å². The zero-order chi connectivity index (χ0) is 12.4. The second-order valence-corrected chi connectivity index (χ2v) is 3.95. The molecule has 0 fully saturated rings. The molecule has 1 N–H and O–H groups in total. The van der Waals surface area contributed by atoms with Gasteiger partial charge in [0.2, 0.25) is 5.89 Å². The van der Waals surface area contributed by atoms with Crippen molar-refractivity contribution >= 4 is 23.3 Å². The molecule has 18 heavy (non-hydrogen) atoms. The second-order valence-electron chi connectivity index (χ2n) is 3.95. The summed E-state index contributed by atoms with van der Waals surface area (Å²) in [4.78, 5) is 4.28. The van der Waals surface area contributed by atoms with Crippen LogP contribution in [0.3, 0.4) is 0 Å². The van der Waals surface area contributed by atoms with Crippen LogP contribution in [-0.4, -0.2) is 10.1 Å². The van der Waals surface area contributed by atoms with Gasteiger partial charge in [-0.1, -0.05) is 30.3 Å². The van der Waals surface area contributed by atoms with E-state index < -0.39 is 0 Å². The van der Waals surface area contributed by atoms with Gasteiger partial charge in [0.15, 0.2) is 5.58 Å². The van der Waals surface area contributed by atoms with E-state index in [4.69, 9.17) is 4.42 Å². The van der Waals surface area contributed by atoms with Gasteiger partial charge in [0.1, 0.15) is 11.3 Å². The van der Waals surface area contributed by atoms with Crippen molar-refractivity contribution in [2.45, 2.75) is 0 Å². The molecule has 1 aromatic heterocycles. The number of nitrogens with zero attached hydrogens (tertiary/aromatic N) is 1. The van der Waals surface area contributed by atoms with E-state index in [1.807, 2.05) is 42.5 Å². The van der Waals surface area contributed by atoms with Crippen molar-refractivity contribution < 1.29 is 9.52 Å². The molecule has 88 valence electrons. The van der Waals surface area contributed by atoms with Gasteiger partial charge < -0.3 is 9.52 Å². The molecule has 0 aliphatic carbocycles. The number of hydrogen-bond donors (Lipinski definition) is 1. The number of fused-ring (bicyclic) bond motifs is 1. The summed E-state index contributed by atoms with van der Waals surface area (Å²) in [5.41, 5.74) is 2.41. The van der Waals surface area contributed by atoms with Crippen molar-refractivity contribution in [1.29, 1.82) is 0 Å². The van der Waals surface area contributed by atoms with Gasteiger partial charge in [0, 0.05) is 12.1 Å². The SMILES string of the molecule is Oc1ccc2oc(/C=C/c3ccccc3)nc2c1. The van der Waals surface area contributed by atoms with Crippen molar-refractivity contribution in [3.63, 3.8) is 0 Å². The molecule has 3 aromatic rings. The zero-order valence-electron chi connectivity index (χ0n) is 9.58. The first-order valence-electron chi connectivity index (χ1n) is 5.64. The number of aromatic hydroxyl groups is 1. The number of benzene rings is 2. The molecule has 0 aliphatic heterocycles. The topological polar surface area (TPSA) is 46.3 Å². The van der Waals surface area contributed by atoms with Crippen LogP contribution in [0.15, 0.2) is 52.9 Å². The summed E-state index contributed by atoms with van der Waals surface area (Å²) in [5.74, 6) is 0.717. The molecule has 0 saturated carbocycles. The van der Waals surface area contributed by atoms with Crippen LogP contribution >= 0.6 is 0 Å². The van der Waals surface area contributed by atoms with Gasteiger partial charge in [-0.05, 0) is 23.8 Å². The lowest BCUT2D eigenvalue weighted by molar-refractivity contribution is 0.476. The number of oxazole rings is 1. The lowest BCUT2D eigenvalue weighted by Crippen LogP contribution is -1.71. The van der Waals surface area contributed by atoms with Crippen LogP contribution in [0.2, 0.25) is 0 Å². The van der Waals surface area contributed by atoms with Crippen LogP contribution in [0.1, 0.15) is 11.5 Å². The fourth-order valence-electron chi connectivity index (χ4n) is 1.74. The van der Waals surface area contributed by atoms with Crippen LogP contribution in [0, 0.1) is 0 Å². The molecule has 0 amide bonds. The number of aromatic nitrogens is 1. The third kappa shape index (κ3) is 2.11. The maximum absolute atomic E-state index is 9.35. The van der Waals surface area contributed by atoms with E-state index in [-0.39, 0.29) is 5.75 Å². The maximum atomic E-state index is 9.35. The summed E-state index contributed by atoms with van der Waals surface area (Å²) in [6.45, 7) is 0. The van der Waals surface area contributed by atoms with Gasteiger partial charge in [-0.2, -0.15) is 0 Å². The van der Waals surface area contributed by atoms with E-state index in [2.05, 4.69) is 4.98 Å². The molecule has 0 aliphatic rings. The summed E-state index contributed by atoms with van der Waals surface area (Å²) in [6.07, 6.45) is 3.75. The van der Waals surface area contributed by atoms with Crippen LogP contribution in [0.5, 0.6) is 5.75 Å². The smallest absolute Gasteiger partial charge is 0.220 e. The number of phenols is 1. The van der Waals surface area contributed by atoms with E-state index >= 15 is 0 Å². The molecule has 1 heterocycles. The normalized spacial score (nSPS) is 11.3. The van der Waals surface area contributed by atoms with Crippen molar-refractivity contribution in [1.82, 2.24) is 4.98 Å². The number of phenolic OH excluding ortho intramolecular Hbond substituents is 1. The molecular weight excluding hydrogens is 226 g/mol. The fourth-order valence-corrected chi connectivity index (χ4v) is 1.74. The van der Waals surface area contributed by atoms with Gasteiger partial charge in [0.25, 0.3) is 0 Å². The summed E-state index contributed by atoms with van der Waals surface area (Å²) in [7, 11) is 0. The summed E-state index contributed by atoms with van der Waals surface area (Å²) in [5, 5.41) is 9.35. The Morgan fingerprint density at radius 3 is 2.67 bits per heavy atom. The number of hydrogen-bond acceptors (Lipinski definition) is 3. The molecule has 0 unspecified atom stereocenters. The average Bonchev–Trinajstić information content (AvgIpc) is 2.79. The molecule has 0 saturated heterocycles. The molecule has 0 radical (unpaired) electrons. The zero-order valence-corrected chi connectivity index (χ0v) is 9.58. The quantitative estimate of drug-likeness (QED) is 0.739. The van der Waals surface area contributed by atoms with Gasteiger partial charge >= 0.3 is 0 Å². The minimum absolute atomic E-state index is 0.189. The first kappa shape index (κ1) is 10.6. The van der Waals surface area contributed by atoms with Crippen LogP contribution in [-0.2, 0) is 0 Å². The Balaban J connectivity index is 1.93. The highest BCUT2D eigenvalue weighted by atomic mass is 16.3. The van der Waals surface area contributed by atoms with Gasteiger partial charge in [-0.3, -0.25) is 0 Å². The predicted octanol–water partition coefficient (Wildman–Crippen LogP) is 3.70. The highest BCUT2D eigenvalue weighted by Crippen LogP contribution is 2.21. The number of rotatable bonds is 2. The molecule has 0 atom stereocenters. The molecule has 3 heteroatoms. The maximum Gasteiger partial charge on any atom is 0.220 e. The van der Waals surface area contributed by atoms with Gasteiger partial charge in [0.05, 0.1) is 0 Å². The van der Waals surface area contributed by atoms with E-state index in [9.17, 15) is 5.11 Å². The minimum Gasteiger partial charge on any atom is -0.508 e. The van der Waals surface area contributed by atoms with E-state index in [1.165, 1.54) is 0 Å². The van der Waals surface area contributed by atoms with E-state index in [1.54, 1.807) is 18.2 Å². The van der Waals surface area contributed by atoms with Crippen molar-refractivity contribution in [3.05, 3.63) is 60.0 Å². The molecule has 0 spiro atoms. The average molecular weight is 237 g/mol. The van der Waals surface area contributed by atoms with Gasteiger partial charge in [-0.15, -0.1) is 0 Å². The Kier molecular flexibility index (Phi) is 2.57. The lowest BCUT2D eigenvalue weighted by Gasteiger charge is -1.88. The lowest BCUT2D eigenvalue weighted by atomic mass is 10.2. The summed E-state index contributed by atoms with van der Waals surface area (Å²) >= 11 is 0. The molecule has 2 aromatic carbocycles. The Morgan fingerprint density at radius 1 is 1.00 bits per heavy atom. The Morgan fingerprint density at radius 2 is 1.83 bits per heavy atom. The highest BCUT2D eigenvalue weighted by molar-refractivity contribution is 5.77. The predicted molar refractivity (Wildman–Crippen MR) is 71.0 cm³/mol. The summed E-state index contributed by atoms with van der Waals surface area (Å²) < 4.78 is 5.54. The molecule has 3 nitrogen and oxygen atoms in total. The highest BCUT2D eigenvalue weighted by Gasteiger charge is 2.03. The van der Waals surface area contributed by atoms with Crippen LogP contribution in [0.25, 0.3) is 23.3 Å². The standard InChI is InChI=1S/C15H11NO2/c17-12-7-8-14-13(10-12)16-15(18-14)9-6-11-4-2-1-3-5-11/h1-10,17H/b9-6+. The van der Waals surface area contributed by atoms with Crippen molar-refractivity contribution in [2.75, 3.05) is 0 Å². The second kappa shape index (κ2) is 4.37. The monoisotopic (exact) mass is 237 g/mol. The largest absolute Gasteiger partial charge is 0.508 e. The van der Waals surface area contributed by atoms with Gasteiger partial charge in [-0.25, -0.2) is 4.98 Å². The molecule has 0 bridgehead atoms. The van der Waals surface area contributed by atoms with Crippen LogP contribution < -0.4 is 0 Å². The van der Waals surface area contributed by atoms with Crippen molar-refractivity contribution in [2.24, 2.45) is 0 Å². The van der Waals surface area contributed by atoms with Crippen LogP contribution in [0.4, 0.5) is 0 Å². The van der Waals surface area contributed by atoms with E-state index in [0.29, 0.717) is 17.0 Å². The summed E-state index contributed by atoms with van der Waals surface area (Å²) in [6, 6.07) is 14.8. The molecular formula is C15H11NO2. The Labute approximate surface area is 104 Å². The van der Waals surface area contributed by atoms with E-state index in [0.717, 1.165) is 5.56 Å².